The SMILES string of the molecule is COc1cc(OCC(=O)NCCC2CCCNC2)ccc1[N+](=O)[O-]. The summed E-state index contributed by atoms with van der Waals surface area (Å²) in [6.45, 7) is 2.58. The van der Waals surface area contributed by atoms with Gasteiger partial charge in [0.1, 0.15) is 5.75 Å². The molecule has 2 rings (SSSR count). The predicted octanol–water partition coefficient (Wildman–Crippen LogP) is 1.49. The van der Waals surface area contributed by atoms with E-state index in [1.165, 1.54) is 38.2 Å². The first kappa shape index (κ1) is 18.0. The number of methoxy groups -OCH3 is 1. The standard InChI is InChI=1S/C16H23N3O5/c1-23-15-9-13(4-5-14(15)19(21)22)24-11-16(20)18-8-6-12-3-2-7-17-10-12/h4-5,9,12,17H,2-3,6-8,10-11H2,1H3,(H,18,20). The Morgan fingerprint density at radius 2 is 2.33 bits per heavy atom. The monoisotopic (exact) mass is 337 g/mol. The van der Waals surface area contributed by atoms with E-state index in [0.717, 1.165) is 19.5 Å². The molecule has 0 saturated carbocycles. The molecule has 1 heterocycles. The van der Waals surface area contributed by atoms with Gasteiger partial charge in [0.15, 0.2) is 6.61 Å². The Morgan fingerprint density at radius 1 is 1.50 bits per heavy atom. The quantitative estimate of drug-likeness (QED) is 0.550. The van der Waals surface area contributed by atoms with E-state index >= 15 is 0 Å². The number of nitro benzene ring substituents is 1. The molecule has 0 aromatic heterocycles. The van der Waals surface area contributed by atoms with Crippen LogP contribution in [-0.2, 0) is 4.79 Å². The molecule has 1 unspecified atom stereocenters. The maximum atomic E-state index is 11.8. The average molecular weight is 337 g/mol. The molecule has 1 aromatic rings. The van der Waals surface area contributed by atoms with Crippen molar-refractivity contribution in [2.75, 3.05) is 33.4 Å². The highest BCUT2D eigenvalue weighted by Gasteiger charge is 2.16. The van der Waals surface area contributed by atoms with E-state index in [9.17, 15) is 14.9 Å². The molecule has 1 aromatic carbocycles. The Bertz CT molecular complexity index is 573. The van der Waals surface area contributed by atoms with Crippen LogP contribution in [0.15, 0.2) is 18.2 Å². The smallest absolute Gasteiger partial charge is 0.311 e. The number of piperidine rings is 1. The van der Waals surface area contributed by atoms with Gasteiger partial charge >= 0.3 is 5.69 Å². The fraction of sp³-hybridized carbons (Fsp3) is 0.562. The first-order chi connectivity index (χ1) is 11.6. The van der Waals surface area contributed by atoms with Crippen LogP contribution in [-0.4, -0.2) is 44.2 Å². The van der Waals surface area contributed by atoms with Crippen LogP contribution in [0.5, 0.6) is 11.5 Å². The minimum absolute atomic E-state index is 0.0997. The summed E-state index contributed by atoms with van der Waals surface area (Å²) in [7, 11) is 1.35. The molecular formula is C16H23N3O5. The zero-order valence-electron chi connectivity index (χ0n) is 13.7. The lowest BCUT2D eigenvalue weighted by Gasteiger charge is -2.22. The van der Waals surface area contributed by atoms with Crippen molar-refractivity contribution in [1.82, 2.24) is 10.6 Å². The molecule has 8 nitrogen and oxygen atoms in total. The number of rotatable bonds is 8. The second-order valence-corrected chi connectivity index (χ2v) is 5.73. The van der Waals surface area contributed by atoms with Gasteiger partial charge in [0.2, 0.25) is 5.75 Å². The van der Waals surface area contributed by atoms with Crippen LogP contribution in [0.2, 0.25) is 0 Å². The summed E-state index contributed by atoms with van der Waals surface area (Å²) in [6, 6.07) is 4.14. The Morgan fingerprint density at radius 3 is 3.00 bits per heavy atom. The highest BCUT2D eigenvalue weighted by molar-refractivity contribution is 5.77. The first-order valence-electron chi connectivity index (χ1n) is 8.03. The van der Waals surface area contributed by atoms with Gasteiger partial charge in [-0.3, -0.25) is 14.9 Å². The van der Waals surface area contributed by atoms with Gasteiger partial charge in [-0.2, -0.15) is 0 Å². The maximum absolute atomic E-state index is 11.8. The second-order valence-electron chi connectivity index (χ2n) is 5.73. The number of nitrogens with zero attached hydrogens (tertiary/aromatic N) is 1. The molecular weight excluding hydrogens is 314 g/mol. The molecule has 1 atom stereocenters. The van der Waals surface area contributed by atoms with E-state index in [4.69, 9.17) is 9.47 Å². The van der Waals surface area contributed by atoms with Crippen LogP contribution in [0.25, 0.3) is 0 Å². The Hall–Kier alpha value is -2.35. The number of benzene rings is 1. The zero-order chi connectivity index (χ0) is 17.4. The van der Waals surface area contributed by atoms with Crippen LogP contribution in [0.1, 0.15) is 19.3 Å². The van der Waals surface area contributed by atoms with Crippen LogP contribution >= 0.6 is 0 Å². The predicted molar refractivity (Wildman–Crippen MR) is 88.4 cm³/mol. The van der Waals surface area contributed by atoms with Crippen molar-refractivity contribution in [3.8, 4) is 11.5 Å². The van der Waals surface area contributed by atoms with Crippen LogP contribution in [0, 0.1) is 16.0 Å². The number of nitro groups is 1. The largest absolute Gasteiger partial charge is 0.490 e. The summed E-state index contributed by atoms with van der Waals surface area (Å²) in [5.74, 6) is 0.849. The Balaban J connectivity index is 1.73. The van der Waals surface area contributed by atoms with Gasteiger partial charge in [-0.1, -0.05) is 0 Å². The number of ether oxygens (including phenoxy) is 2. The number of carbonyl (C=O) groups excluding carboxylic acids is 1. The molecule has 2 N–H and O–H groups in total. The average Bonchev–Trinajstić information content (AvgIpc) is 2.60. The zero-order valence-corrected chi connectivity index (χ0v) is 13.7. The maximum Gasteiger partial charge on any atom is 0.311 e. The van der Waals surface area contributed by atoms with Gasteiger partial charge in [0.05, 0.1) is 12.0 Å². The van der Waals surface area contributed by atoms with Gasteiger partial charge in [-0.05, 0) is 44.3 Å². The van der Waals surface area contributed by atoms with Crippen molar-refractivity contribution in [1.29, 1.82) is 0 Å². The van der Waals surface area contributed by atoms with Gasteiger partial charge in [-0.25, -0.2) is 0 Å². The number of nitrogens with one attached hydrogen (secondary N) is 2. The van der Waals surface area contributed by atoms with E-state index in [0.29, 0.717) is 18.2 Å². The van der Waals surface area contributed by atoms with Crippen molar-refractivity contribution < 1.29 is 19.2 Å². The molecule has 24 heavy (non-hydrogen) atoms. The minimum Gasteiger partial charge on any atom is -0.490 e. The van der Waals surface area contributed by atoms with E-state index in [2.05, 4.69) is 10.6 Å². The molecule has 1 fully saturated rings. The molecule has 1 aliphatic rings. The summed E-state index contributed by atoms with van der Waals surface area (Å²) in [5, 5.41) is 17.0. The normalized spacial score (nSPS) is 17.1. The van der Waals surface area contributed by atoms with E-state index in [1.807, 2.05) is 0 Å². The summed E-state index contributed by atoms with van der Waals surface area (Å²) in [4.78, 5) is 22.1. The van der Waals surface area contributed by atoms with Crippen LogP contribution in [0.3, 0.4) is 0 Å². The van der Waals surface area contributed by atoms with Crippen molar-refractivity contribution in [2.24, 2.45) is 5.92 Å². The molecule has 0 bridgehead atoms. The highest BCUT2D eigenvalue weighted by atomic mass is 16.6. The minimum atomic E-state index is -0.532. The summed E-state index contributed by atoms with van der Waals surface area (Å²) < 4.78 is 10.3. The third-order valence-electron chi connectivity index (χ3n) is 3.99. The molecule has 1 aliphatic heterocycles. The first-order valence-corrected chi connectivity index (χ1v) is 8.03. The van der Waals surface area contributed by atoms with Gasteiger partial charge in [0, 0.05) is 18.7 Å². The third-order valence-corrected chi connectivity index (χ3v) is 3.99. The lowest BCUT2D eigenvalue weighted by molar-refractivity contribution is -0.385. The van der Waals surface area contributed by atoms with Crippen molar-refractivity contribution in [2.45, 2.75) is 19.3 Å². The summed E-state index contributed by atoms with van der Waals surface area (Å²) in [6.07, 6.45) is 3.33. The van der Waals surface area contributed by atoms with Crippen molar-refractivity contribution in [3.63, 3.8) is 0 Å². The number of carbonyl (C=O) groups is 1. The molecule has 132 valence electrons. The molecule has 0 spiro atoms. The third kappa shape index (κ3) is 5.38. The van der Waals surface area contributed by atoms with Crippen LogP contribution < -0.4 is 20.1 Å². The topological polar surface area (TPSA) is 103 Å². The number of hydrogen-bond acceptors (Lipinski definition) is 6. The highest BCUT2D eigenvalue weighted by Crippen LogP contribution is 2.30. The van der Waals surface area contributed by atoms with E-state index in [1.54, 1.807) is 0 Å². The lowest BCUT2D eigenvalue weighted by Crippen LogP contribution is -2.34. The summed E-state index contributed by atoms with van der Waals surface area (Å²) in [5.41, 5.74) is -0.143. The molecule has 1 saturated heterocycles. The summed E-state index contributed by atoms with van der Waals surface area (Å²) >= 11 is 0. The Labute approximate surface area is 140 Å². The number of amides is 1. The van der Waals surface area contributed by atoms with Crippen LogP contribution in [0.4, 0.5) is 5.69 Å². The number of hydrogen-bond donors (Lipinski definition) is 2. The molecule has 1 amide bonds. The van der Waals surface area contributed by atoms with Crippen molar-refractivity contribution in [3.05, 3.63) is 28.3 Å². The van der Waals surface area contributed by atoms with E-state index in [-0.39, 0.29) is 24.0 Å². The van der Waals surface area contributed by atoms with Gasteiger partial charge < -0.3 is 20.1 Å². The molecule has 0 aliphatic carbocycles. The Kier molecular flexibility index (Phi) is 6.80. The fourth-order valence-corrected chi connectivity index (χ4v) is 2.68. The van der Waals surface area contributed by atoms with Gasteiger partial charge in [-0.15, -0.1) is 0 Å². The fourth-order valence-electron chi connectivity index (χ4n) is 2.68. The van der Waals surface area contributed by atoms with Gasteiger partial charge in [0.25, 0.3) is 5.91 Å². The molecule has 8 heteroatoms. The second kappa shape index (κ2) is 9.07. The lowest BCUT2D eigenvalue weighted by atomic mass is 9.96. The van der Waals surface area contributed by atoms with E-state index < -0.39 is 4.92 Å². The van der Waals surface area contributed by atoms with Crippen molar-refractivity contribution >= 4 is 11.6 Å². The molecule has 0 radical (unpaired) electrons.